The molecule has 3 heterocycles. The third-order valence-electron chi connectivity index (χ3n) is 6.19. The molecule has 0 N–H and O–H groups in total. The molecule has 2 aromatic carbocycles. The van der Waals surface area contributed by atoms with Crippen molar-refractivity contribution in [2.24, 2.45) is 0 Å². The van der Waals surface area contributed by atoms with Crippen LogP contribution in [-0.4, -0.2) is 57.9 Å². The molecule has 1 saturated heterocycles. The zero-order chi connectivity index (χ0) is 22.8. The Kier molecular flexibility index (Phi) is 5.64. The van der Waals surface area contributed by atoms with Gasteiger partial charge >= 0.3 is 0 Å². The third kappa shape index (κ3) is 4.00. The van der Waals surface area contributed by atoms with E-state index >= 15 is 0 Å². The Hall–Kier alpha value is -3.94. The van der Waals surface area contributed by atoms with Crippen LogP contribution in [-0.2, 0) is 0 Å². The Morgan fingerprint density at radius 1 is 1.00 bits per heavy atom. The summed E-state index contributed by atoms with van der Waals surface area (Å²) in [5.41, 5.74) is 3.02. The number of carbonyl (C=O) groups is 1. The topological polar surface area (TPSA) is 82.4 Å². The number of benzene rings is 2. The number of fused-ring (bicyclic) bond motifs is 1. The minimum absolute atomic E-state index is 0.0207. The normalized spacial score (nSPS) is 14.4. The molecule has 1 aliphatic rings. The van der Waals surface area contributed by atoms with Crippen LogP contribution in [0.5, 0.6) is 11.5 Å². The molecule has 0 unspecified atom stereocenters. The first kappa shape index (κ1) is 20.9. The van der Waals surface area contributed by atoms with Crippen LogP contribution in [0.3, 0.4) is 0 Å². The second-order valence-electron chi connectivity index (χ2n) is 8.04. The number of piperidine rings is 1. The molecule has 168 valence electrons. The van der Waals surface area contributed by atoms with Gasteiger partial charge in [-0.3, -0.25) is 4.79 Å². The number of pyridine rings is 1. The summed E-state index contributed by atoms with van der Waals surface area (Å²) in [5, 5.41) is 5.11. The van der Waals surface area contributed by atoms with E-state index in [1.54, 1.807) is 26.9 Å². The molecule has 1 amide bonds. The molecule has 0 radical (unpaired) electrons. The molecule has 8 nitrogen and oxygen atoms in total. The largest absolute Gasteiger partial charge is 0.493 e. The number of para-hydroxylation sites is 1. The molecule has 1 fully saturated rings. The fourth-order valence-electron chi connectivity index (χ4n) is 4.41. The molecular weight excluding hydrogens is 418 g/mol. The second kappa shape index (κ2) is 8.90. The van der Waals surface area contributed by atoms with Gasteiger partial charge in [0.2, 0.25) is 0 Å². The van der Waals surface area contributed by atoms with Gasteiger partial charge in [0.15, 0.2) is 11.5 Å². The van der Waals surface area contributed by atoms with Gasteiger partial charge in [-0.1, -0.05) is 18.2 Å². The summed E-state index contributed by atoms with van der Waals surface area (Å²) in [5.74, 6) is 1.29. The van der Waals surface area contributed by atoms with E-state index < -0.39 is 0 Å². The van der Waals surface area contributed by atoms with Crippen molar-refractivity contribution in [2.75, 3.05) is 27.3 Å². The van der Waals surface area contributed by atoms with Crippen molar-refractivity contribution in [3.05, 3.63) is 66.7 Å². The first-order valence-corrected chi connectivity index (χ1v) is 10.9. The quantitative estimate of drug-likeness (QED) is 0.464. The molecule has 4 aromatic rings. The molecule has 0 bridgehead atoms. The molecule has 8 heteroatoms. The lowest BCUT2D eigenvalue weighted by molar-refractivity contribution is 0.0692. The highest BCUT2D eigenvalue weighted by atomic mass is 16.5. The maximum atomic E-state index is 13.6. The fraction of sp³-hybridized carbons (Fsp3) is 0.280. The summed E-state index contributed by atoms with van der Waals surface area (Å²) < 4.78 is 12.7. The first-order valence-electron chi connectivity index (χ1n) is 10.9. The van der Waals surface area contributed by atoms with E-state index in [2.05, 4.69) is 10.1 Å². The molecule has 0 saturated carbocycles. The molecule has 33 heavy (non-hydrogen) atoms. The third-order valence-corrected chi connectivity index (χ3v) is 6.19. The van der Waals surface area contributed by atoms with Gasteiger partial charge in [-0.15, -0.1) is 0 Å². The van der Waals surface area contributed by atoms with Crippen molar-refractivity contribution < 1.29 is 14.3 Å². The maximum absolute atomic E-state index is 13.6. The van der Waals surface area contributed by atoms with E-state index in [9.17, 15) is 4.79 Å². The number of aromatic nitrogens is 4. The molecule has 5 rings (SSSR count). The van der Waals surface area contributed by atoms with Crippen molar-refractivity contribution in [1.29, 1.82) is 0 Å². The summed E-state index contributed by atoms with van der Waals surface area (Å²) in [7, 11) is 3.21. The lowest BCUT2D eigenvalue weighted by Gasteiger charge is -2.32. The zero-order valence-corrected chi connectivity index (χ0v) is 18.6. The number of likely N-dealkylation sites (tertiary alicyclic amines) is 1. The monoisotopic (exact) mass is 443 g/mol. The average molecular weight is 444 g/mol. The lowest BCUT2D eigenvalue weighted by atomic mass is 10.0. The molecule has 0 aliphatic carbocycles. The van der Waals surface area contributed by atoms with E-state index in [-0.39, 0.29) is 11.9 Å². The van der Waals surface area contributed by atoms with Gasteiger partial charge in [-0.2, -0.15) is 5.10 Å². The zero-order valence-electron chi connectivity index (χ0n) is 18.6. The van der Waals surface area contributed by atoms with Gasteiger partial charge in [0.25, 0.3) is 5.91 Å². The minimum atomic E-state index is 0.0207. The number of amides is 1. The van der Waals surface area contributed by atoms with E-state index in [1.807, 2.05) is 58.1 Å². The highest BCUT2D eigenvalue weighted by Crippen LogP contribution is 2.33. The molecule has 2 aromatic heterocycles. The van der Waals surface area contributed by atoms with Crippen molar-refractivity contribution in [1.82, 2.24) is 24.6 Å². The van der Waals surface area contributed by atoms with E-state index in [0.717, 1.165) is 35.0 Å². The van der Waals surface area contributed by atoms with E-state index in [0.29, 0.717) is 30.2 Å². The van der Waals surface area contributed by atoms with Gasteiger partial charge < -0.3 is 14.4 Å². The van der Waals surface area contributed by atoms with Crippen molar-refractivity contribution >= 4 is 16.8 Å². The summed E-state index contributed by atoms with van der Waals surface area (Å²) in [6.45, 7) is 1.34. The summed E-state index contributed by atoms with van der Waals surface area (Å²) in [6, 6.07) is 15.6. The predicted octanol–water partition coefficient (Wildman–Crippen LogP) is 3.99. The van der Waals surface area contributed by atoms with E-state index in [4.69, 9.17) is 14.5 Å². The highest BCUT2D eigenvalue weighted by Gasteiger charge is 2.26. The average Bonchev–Trinajstić information content (AvgIpc) is 3.42. The van der Waals surface area contributed by atoms with Crippen LogP contribution in [0.25, 0.3) is 22.2 Å². The SMILES string of the molecule is COc1ccc(-c2cc(C(=O)N3CCC(n4cncn4)CC3)c3ccccc3n2)cc1OC. The number of carbonyl (C=O) groups excluding carboxylic acids is 1. The summed E-state index contributed by atoms with van der Waals surface area (Å²) in [4.78, 5) is 24.4. The molecular formula is C25H25N5O3. The van der Waals surface area contributed by atoms with Crippen LogP contribution in [0, 0.1) is 0 Å². The Labute approximate surface area is 191 Å². The van der Waals surface area contributed by atoms with Crippen molar-refractivity contribution in [3.63, 3.8) is 0 Å². The Morgan fingerprint density at radius 2 is 1.79 bits per heavy atom. The number of ether oxygens (including phenoxy) is 2. The van der Waals surface area contributed by atoms with Gasteiger partial charge in [-0.05, 0) is 43.2 Å². The Morgan fingerprint density at radius 3 is 2.52 bits per heavy atom. The number of hydrogen-bond acceptors (Lipinski definition) is 6. The van der Waals surface area contributed by atoms with Crippen molar-refractivity contribution in [2.45, 2.75) is 18.9 Å². The van der Waals surface area contributed by atoms with Crippen LogP contribution in [0.1, 0.15) is 29.2 Å². The van der Waals surface area contributed by atoms with Crippen LogP contribution in [0.15, 0.2) is 61.2 Å². The highest BCUT2D eigenvalue weighted by molar-refractivity contribution is 6.07. The smallest absolute Gasteiger partial charge is 0.254 e. The number of rotatable bonds is 5. The number of methoxy groups -OCH3 is 2. The first-order chi connectivity index (χ1) is 16.2. The van der Waals surface area contributed by atoms with Crippen molar-refractivity contribution in [3.8, 4) is 22.8 Å². The van der Waals surface area contributed by atoms with Gasteiger partial charge in [0, 0.05) is 24.0 Å². The number of hydrogen-bond donors (Lipinski definition) is 0. The Balaban J connectivity index is 1.48. The van der Waals surface area contributed by atoms with Crippen LogP contribution in [0.2, 0.25) is 0 Å². The van der Waals surface area contributed by atoms with Gasteiger partial charge in [-0.25, -0.2) is 14.6 Å². The number of nitrogens with zero attached hydrogens (tertiary/aromatic N) is 5. The maximum Gasteiger partial charge on any atom is 0.254 e. The molecule has 1 aliphatic heterocycles. The van der Waals surface area contributed by atoms with Gasteiger partial charge in [0.05, 0.1) is 37.0 Å². The molecule has 0 atom stereocenters. The van der Waals surface area contributed by atoms with Crippen LogP contribution < -0.4 is 9.47 Å². The molecule has 0 spiro atoms. The standard InChI is InChI=1S/C25H25N5O3/c1-32-23-8-7-17(13-24(23)33-2)22-14-20(19-5-3-4-6-21(19)28-22)25(31)29-11-9-18(10-12-29)30-16-26-15-27-30/h3-8,13-16,18H,9-12H2,1-2H3. The fourth-order valence-corrected chi connectivity index (χ4v) is 4.41. The predicted molar refractivity (Wildman–Crippen MR) is 124 cm³/mol. The summed E-state index contributed by atoms with van der Waals surface area (Å²) >= 11 is 0. The summed E-state index contributed by atoms with van der Waals surface area (Å²) in [6.07, 6.45) is 4.99. The van der Waals surface area contributed by atoms with Crippen LogP contribution in [0.4, 0.5) is 0 Å². The lowest BCUT2D eigenvalue weighted by Crippen LogP contribution is -2.39. The van der Waals surface area contributed by atoms with E-state index in [1.165, 1.54) is 0 Å². The van der Waals surface area contributed by atoms with Gasteiger partial charge in [0.1, 0.15) is 12.7 Å². The second-order valence-corrected chi connectivity index (χ2v) is 8.04. The minimum Gasteiger partial charge on any atom is -0.493 e. The van der Waals surface area contributed by atoms with Crippen LogP contribution >= 0.6 is 0 Å². The Bertz CT molecular complexity index is 1280.